The molecule has 0 aromatic heterocycles. The van der Waals surface area contributed by atoms with E-state index in [1.807, 2.05) is 24.3 Å². The van der Waals surface area contributed by atoms with Crippen molar-refractivity contribution in [1.82, 2.24) is 5.32 Å². The Morgan fingerprint density at radius 3 is 2.58 bits per heavy atom. The quantitative estimate of drug-likeness (QED) is 0.787. The van der Waals surface area contributed by atoms with Crippen LogP contribution in [0.4, 0.5) is 4.79 Å². The van der Waals surface area contributed by atoms with Crippen molar-refractivity contribution < 1.29 is 19.1 Å². The van der Waals surface area contributed by atoms with Gasteiger partial charge in [-0.2, -0.15) is 0 Å². The molecule has 1 fully saturated rings. The van der Waals surface area contributed by atoms with E-state index in [1.165, 1.54) is 32.1 Å². The molecule has 26 heavy (non-hydrogen) atoms. The average Bonchev–Trinajstić information content (AvgIpc) is 2.58. The van der Waals surface area contributed by atoms with Crippen molar-refractivity contribution in [3.05, 3.63) is 29.8 Å². The Bertz CT molecular complexity index is 600. The molecule has 1 aromatic carbocycles. The Labute approximate surface area is 156 Å². The lowest BCUT2D eigenvalue weighted by atomic mass is 9.90. The first-order valence-electron chi connectivity index (χ1n) is 9.52. The highest BCUT2D eigenvalue weighted by Gasteiger charge is 2.17. The summed E-state index contributed by atoms with van der Waals surface area (Å²) < 4.78 is 11.0. The monoisotopic (exact) mass is 361 g/mol. The Hall–Kier alpha value is -2.04. The minimum Gasteiger partial charge on any atom is -0.493 e. The molecule has 1 amide bonds. The van der Waals surface area contributed by atoms with Gasteiger partial charge < -0.3 is 14.8 Å². The minimum absolute atomic E-state index is 0.0396. The van der Waals surface area contributed by atoms with Crippen LogP contribution in [0.2, 0.25) is 0 Å². The van der Waals surface area contributed by atoms with Crippen molar-refractivity contribution in [2.75, 3.05) is 13.2 Å². The third kappa shape index (κ3) is 7.89. The smallest absolute Gasteiger partial charge is 0.408 e. The molecule has 0 atom stereocenters. The van der Waals surface area contributed by atoms with Crippen molar-refractivity contribution in [2.45, 2.75) is 64.9 Å². The molecule has 5 heteroatoms. The number of Topliss-reactive ketones (excluding diaryl/α,β-unsaturated/α-hetero) is 1. The van der Waals surface area contributed by atoms with Gasteiger partial charge in [-0.25, -0.2) is 4.79 Å². The first-order chi connectivity index (χ1) is 12.3. The standard InChI is InChI=1S/C21H31NO4/c1-21(2,3)26-20(24)22-14-18(23)12-17-10-7-11-19(13-17)25-15-16-8-5-4-6-9-16/h7,10-11,13,16H,4-6,8-9,12,14-15H2,1-3H3,(H,22,24). The highest BCUT2D eigenvalue weighted by Crippen LogP contribution is 2.25. The lowest BCUT2D eigenvalue weighted by molar-refractivity contribution is -0.117. The van der Waals surface area contributed by atoms with Gasteiger partial charge in [0.1, 0.15) is 11.4 Å². The van der Waals surface area contributed by atoms with Crippen LogP contribution in [0.25, 0.3) is 0 Å². The molecule has 0 bridgehead atoms. The van der Waals surface area contributed by atoms with E-state index >= 15 is 0 Å². The zero-order valence-corrected chi connectivity index (χ0v) is 16.2. The number of benzene rings is 1. The molecule has 1 saturated carbocycles. The molecule has 1 aliphatic carbocycles. The van der Waals surface area contributed by atoms with Gasteiger partial charge in [0.05, 0.1) is 13.2 Å². The average molecular weight is 361 g/mol. The molecule has 5 nitrogen and oxygen atoms in total. The second-order valence-electron chi connectivity index (χ2n) is 8.03. The van der Waals surface area contributed by atoms with Gasteiger partial charge in [0.25, 0.3) is 0 Å². The van der Waals surface area contributed by atoms with Gasteiger partial charge >= 0.3 is 6.09 Å². The zero-order valence-electron chi connectivity index (χ0n) is 16.2. The molecule has 0 saturated heterocycles. The summed E-state index contributed by atoms with van der Waals surface area (Å²) in [5, 5.41) is 2.50. The molecule has 0 unspecified atom stereocenters. The van der Waals surface area contributed by atoms with Crippen LogP contribution in [0.1, 0.15) is 58.4 Å². The maximum absolute atomic E-state index is 12.1. The third-order valence-corrected chi connectivity index (χ3v) is 4.34. The van der Waals surface area contributed by atoms with Crippen molar-refractivity contribution in [3.8, 4) is 5.75 Å². The van der Waals surface area contributed by atoms with Crippen LogP contribution in [-0.4, -0.2) is 30.6 Å². The van der Waals surface area contributed by atoms with Gasteiger partial charge in [-0.3, -0.25) is 4.79 Å². The summed E-state index contributed by atoms with van der Waals surface area (Å²) in [5.41, 5.74) is 0.319. The number of alkyl carbamates (subject to hydrolysis) is 1. The summed E-state index contributed by atoms with van der Waals surface area (Å²) in [5.74, 6) is 1.38. The van der Waals surface area contributed by atoms with E-state index in [-0.39, 0.29) is 18.7 Å². The molecule has 2 rings (SSSR count). The van der Waals surface area contributed by atoms with E-state index in [0.29, 0.717) is 5.92 Å². The van der Waals surface area contributed by atoms with E-state index in [4.69, 9.17) is 9.47 Å². The van der Waals surface area contributed by atoms with Crippen LogP contribution >= 0.6 is 0 Å². The Balaban J connectivity index is 1.76. The van der Waals surface area contributed by atoms with E-state index in [0.717, 1.165) is 17.9 Å². The predicted octanol–water partition coefficient (Wildman–Crippen LogP) is 4.28. The lowest BCUT2D eigenvalue weighted by Crippen LogP contribution is -2.35. The zero-order chi connectivity index (χ0) is 19.0. The van der Waals surface area contributed by atoms with Gasteiger partial charge in [-0.1, -0.05) is 31.4 Å². The third-order valence-electron chi connectivity index (χ3n) is 4.34. The van der Waals surface area contributed by atoms with Crippen LogP contribution in [0.5, 0.6) is 5.75 Å². The topological polar surface area (TPSA) is 64.6 Å². The van der Waals surface area contributed by atoms with E-state index < -0.39 is 11.7 Å². The van der Waals surface area contributed by atoms with Gasteiger partial charge in [-0.05, 0) is 57.2 Å². The second kappa shape index (κ2) is 9.60. The van der Waals surface area contributed by atoms with Crippen molar-refractivity contribution in [3.63, 3.8) is 0 Å². The summed E-state index contributed by atoms with van der Waals surface area (Å²) in [7, 11) is 0. The van der Waals surface area contributed by atoms with E-state index in [9.17, 15) is 9.59 Å². The summed E-state index contributed by atoms with van der Waals surface area (Å²) in [6.07, 6.45) is 6.11. The second-order valence-corrected chi connectivity index (χ2v) is 8.03. The molecule has 1 aromatic rings. The fourth-order valence-electron chi connectivity index (χ4n) is 3.09. The molecule has 0 aliphatic heterocycles. The minimum atomic E-state index is -0.574. The first kappa shape index (κ1) is 20.3. The van der Waals surface area contributed by atoms with Crippen molar-refractivity contribution >= 4 is 11.9 Å². The summed E-state index contributed by atoms with van der Waals surface area (Å²) in [6, 6.07) is 7.64. The normalized spacial score (nSPS) is 15.3. The lowest BCUT2D eigenvalue weighted by Gasteiger charge is -2.21. The number of hydrogen-bond acceptors (Lipinski definition) is 4. The fourth-order valence-corrected chi connectivity index (χ4v) is 3.09. The summed E-state index contributed by atoms with van der Waals surface area (Å²) in [4.78, 5) is 23.7. The predicted molar refractivity (Wildman–Crippen MR) is 101 cm³/mol. The number of ether oxygens (including phenoxy) is 2. The maximum atomic E-state index is 12.1. The van der Waals surface area contributed by atoms with Crippen LogP contribution in [0.15, 0.2) is 24.3 Å². The first-order valence-corrected chi connectivity index (χ1v) is 9.52. The van der Waals surface area contributed by atoms with E-state index in [1.54, 1.807) is 20.8 Å². The Morgan fingerprint density at radius 2 is 1.88 bits per heavy atom. The molecule has 0 radical (unpaired) electrons. The van der Waals surface area contributed by atoms with Gasteiger partial charge in [0.15, 0.2) is 5.78 Å². The highest BCUT2D eigenvalue weighted by atomic mass is 16.6. The van der Waals surface area contributed by atoms with Crippen molar-refractivity contribution in [1.29, 1.82) is 0 Å². The molecular formula is C21H31NO4. The summed E-state index contributed by atoms with van der Waals surface area (Å²) >= 11 is 0. The number of carbonyl (C=O) groups excluding carboxylic acids is 2. The number of ketones is 1. The van der Waals surface area contributed by atoms with Gasteiger partial charge in [-0.15, -0.1) is 0 Å². The molecule has 0 heterocycles. The maximum Gasteiger partial charge on any atom is 0.408 e. The number of rotatable bonds is 7. The van der Waals surface area contributed by atoms with Crippen LogP contribution < -0.4 is 10.1 Å². The molecule has 1 aliphatic rings. The summed E-state index contributed by atoms with van der Waals surface area (Å²) in [6.45, 7) is 6.06. The van der Waals surface area contributed by atoms with Crippen LogP contribution in [-0.2, 0) is 16.0 Å². The number of carbonyl (C=O) groups is 2. The fraction of sp³-hybridized carbons (Fsp3) is 0.619. The molecular weight excluding hydrogens is 330 g/mol. The molecule has 1 N–H and O–H groups in total. The van der Waals surface area contributed by atoms with Crippen LogP contribution in [0, 0.1) is 5.92 Å². The highest BCUT2D eigenvalue weighted by molar-refractivity contribution is 5.85. The number of nitrogens with one attached hydrogen (secondary N) is 1. The molecule has 144 valence electrons. The Kier molecular flexibility index (Phi) is 7.49. The largest absolute Gasteiger partial charge is 0.493 e. The number of amides is 1. The van der Waals surface area contributed by atoms with Gasteiger partial charge in [0.2, 0.25) is 0 Å². The number of hydrogen-bond donors (Lipinski definition) is 1. The van der Waals surface area contributed by atoms with Crippen molar-refractivity contribution in [2.24, 2.45) is 5.92 Å². The van der Waals surface area contributed by atoms with Gasteiger partial charge in [0, 0.05) is 6.42 Å². The molecule has 0 spiro atoms. The SMILES string of the molecule is CC(C)(C)OC(=O)NCC(=O)Cc1cccc(OCC2CCCCC2)c1. The Morgan fingerprint density at radius 1 is 1.15 bits per heavy atom. The van der Waals surface area contributed by atoms with E-state index in [2.05, 4.69) is 5.32 Å². The van der Waals surface area contributed by atoms with Crippen LogP contribution in [0.3, 0.4) is 0 Å².